The van der Waals surface area contributed by atoms with Crippen molar-refractivity contribution in [2.24, 2.45) is 0 Å². The standard InChI is InChI=1S/C18H30N2O2S/c1-4-13-23-18-8-6-5-7-17(18)20-11-9-19(10-12-20)14-16(22-3)15-21-2/h5-8,16H,4,9-15H2,1-3H3. The molecule has 0 N–H and O–H groups in total. The normalized spacial score (nSPS) is 17.4. The summed E-state index contributed by atoms with van der Waals surface area (Å²) in [4.78, 5) is 6.41. The molecule has 4 nitrogen and oxygen atoms in total. The summed E-state index contributed by atoms with van der Waals surface area (Å²) in [5, 5.41) is 0. The molecule has 1 saturated heterocycles. The first-order valence-corrected chi connectivity index (χ1v) is 9.47. The SMILES string of the molecule is CCCSc1ccccc1N1CCN(CC(COC)OC)CC1. The van der Waals surface area contributed by atoms with Gasteiger partial charge in [-0.15, -0.1) is 11.8 Å². The van der Waals surface area contributed by atoms with E-state index in [9.17, 15) is 0 Å². The van der Waals surface area contributed by atoms with Crippen LogP contribution in [-0.2, 0) is 9.47 Å². The van der Waals surface area contributed by atoms with Crippen molar-refractivity contribution in [1.29, 1.82) is 0 Å². The van der Waals surface area contributed by atoms with Crippen LogP contribution < -0.4 is 4.90 Å². The number of nitrogens with zero attached hydrogens (tertiary/aromatic N) is 2. The third-order valence-electron chi connectivity index (χ3n) is 4.19. The van der Waals surface area contributed by atoms with Crippen LogP contribution in [0.15, 0.2) is 29.2 Å². The van der Waals surface area contributed by atoms with Gasteiger partial charge in [-0.25, -0.2) is 0 Å². The van der Waals surface area contributed by atoms with Gasteiger partial charge in [-0.1, -0.05) is 19.1 Å². The zero-order valence-corrected chi connectivity index (χ0v) is 15.5. The highest BCUT2D eigenvalue weighted by molar-refractivity contribution is 7.99. The Labute approximate surface area is 145 Å². The molecule has 2 rings (SSSR count). The number of thioether (sulfide) groups is 1. The molecule has 1 aliphatic heterocycles. The molecule has 1 fully saturated rings. The van der Waals surface area contributed by atoms with Crippen molar-refractivity contribution in [1.82, 2.24) is 4.90 Å². The number of anilines is 1. The van der Waals surface area contributed by atoms with E-state index in [0.717, 1.165) is 32.7 Å². The van der Waals surface area contributed by atoms with Crippen LogP contribution in [0.25, 0.3) is 0 Å². The first-order chi connectivity index (χ1) is 11.3. The van der Waals surface area contributed by atoms with E-state index in [1.54, 1.807) is 14.2 Å². The summed E-state index contributed by atoms with van der Waals surface area (Å²) in [7, 11) is 3.50. The summed E-state index contributed by atoms with van der Waals surface area (Å²) in [5.74, 6) is 1.18. The van der Waals surface area contributed by atoms with Crippen LogP contribution in [0.5, 0.6) is 0 Å². The highest BCUT2D eigenvalue weighted by Crippen LogP contribution is 2.31. The second kappa shape index (κ2) is 10.2. The lowest BCUT2D eigenvalue weighted by molar-refractivity contribution is 0.00516. The lowest BCUT2D eigenvalue weighted by atomic mass is 10.2. The van der Waals surface area contributed by atoms with Gasteiger partial charge in [0.05, 0.1) is 18.4 Å². The van der Waals surface area contributed by atoms with Gasteiger partial charge in [0.2, 0.25) is 0 Å². The molecule has 5 heteroatoms. The molecule has 23 heavy (non-hydrogen) atoms. The van der Waals surface area contributed by atoms with Crippen LogP contribution in [0.3, 0.4) is 0 Å². The Balaban J connectivity index is 1.89. The number of piperazine rings is 1. The predicted molar refractivity (Wildman–Crippen MR) is 98.8 cm³/mol. The van der Waals surface area contributed by atoms with E-state index < -0.39 is 0 Å². The Kier molecular flexibility index (Phi) is 8.23. The molecule has 0 radical (unpaired) electrons. The first kappa shape index (κ1) is 18.6. The van der Waals surface area contributed by atoms with Gasteiger partial charge in [0.25, 0.3) is 0 Å². The number of methoxy groups -OCH3 is 2. The quantitative estimate of drug-likeness (QED) is 0.645. The van der Waals surface area contributed by atoms with Crippen LogP contribution in [0.2, 0.25) is 0 Å². The minimum atomic E-state index is 0.166. The van der Waals surface area contributed by atoms with Crippen molar-refractivity contribution >= 4 is 17.4 Å². The monoisotopic (exact) mass is 338 g/mol. The number of benzene rings is 1. The van der Waals surface area contributed by atoms with Gasteiger partial charge in [-0.2, -0.15) is 0 Å². The van der Waals surface area contributed by atoms with E-state index in [1.807, 2.05) is 11.8 Å². The molecule has 130 valence electrons. The molecule has 1 atom stereocenters. The zero-order chi connectivity index (χ0) is 16.5. The van der Waals surface area contributed by atoms with Crippen molar-refractivity contribution in [3.8, 4) is 0 Å². The van der Waals surface area contributed by atoms with Crippen LogP contribution in [0, 0.1) is 0 Å². The molecule has 0 aliphatic carbocycles. The minimum Gasteiger partial charge on any atom is -0.382 e. The fourth-order valence-corrected chi connectivity index (χ4v) is 3.84. The van der Waals surface area contributed by atoms with E-state index in [0.29, 0.717) is 6.61 Å². The lowest BCUT2D eigenvalue weighted by Gasteiger charge is -2.38. The van der Waals surface area contributed by atoms with Gasteiger partial charge >= 0.3 is 0 Å². The van der Waals surface area contributed by atoms with Crippen LogP contribution in [0.4, 0.5) is 5.69 Å². The van der Waals surface area contributed by atoms with Crippen molar-refractivity contribution in [3.63, 3.8) is 0 Å². The summed E-state index contributed by atoms with van der Waals surface area (Å²) in [6.07, 6.45) is 1.38. The second-order valence-electron chi connectivity index (χ2n) is 5.92. The fraction of sp³-hybridized carbons (Fsp3) is 0.667. The van der Waals surface area contributed by atoms with Gasteiger partial charge in [-0.3, -0.25) is 4.90 Å². The summed E-state index contributed by atoms with van der Waals surface area (Å²) in [5.41, 5.74) is 1.39. The number of hydrogen-bond donors (Lipinski definition) is 0. The Hall–Kier alpha value is -0.750. The topological polar surface area (TPSA) is 24.9 Å². The van der Waals surface area contributed by atoms with E-state index >= 15 is 0 Å². The summed E-state index contributed by atoms with van der Waals surface area (Å²) in [6, 6.07) is 8.81. The average molecular weight is 339 g/mol. The van der Waals surface area contributed by atoms with E-state index in [1.165, 1.54) is 22.8 Å². The molecule has 1 unspecified atom stereocenters. The van der Waals surface area contributed by atoms with Crippen LogP contribution in [0.1, 0.15) is 13.3 Å². The van der Waals surface area contributed by atoms with Gasteiger partial charge < -0.3 is 14.4 Å². The maximum Gasteiger partial charge on any atom is 0.0931 e. The molecule has 1 aliphatic rings. The number of rotatable bonds is 9. The first-order valence-electron chi connectivity index (χ1n) is 8.49. The molecule has 0 amide bonds. The average Bonchev–Trinajstić information content (AvgIpc) is 2.60. The largest absolute Gasteiger partial charge is 0.382 e. The Morgan fingerprint density at radius 2 is 1.87 bits per heavy atom. The molecule has 1 aromatic rings. The Morgan fingerprint density at radius 1 is 1.13 bits per heavy atom. The Bertz CT molecular complexity index is 450. The molecule has 0 saturated carbocycles. The molecular weight excluding hydrogens is 308 g/mol. The van der Waals surface area contributed by atoms with Gasteiger partial charge in [0.1, 0.15) is 0 Å². The van der Waals surface area contributed by atoms with Crippen molar-refractivity contribution in [2.45, 2.75) is 24.3 Å². The summed E-state index contributed by atoms with van der Waals surface area (Å²) in [6.45, 7) is 8.16. The zero-order valence-electron chi connectivity index (χ0n) is 14.7. The third kappa shape index (κ3) is 5.68. The Morgan fingerprint density at radius 3 is 2.52 bits per heavy atom. The van der Waals surface area contributed by atoms with E-state index in [2.05, 4.69) is 41.0 Å². The molecule has 1 heterocycles. The minimum absolute atomic E-state index is 0.166. The lowest BCUT2D eigenvalue weighted by Crippen LogP contribution is -2.49. The fourth-order valence-electron chi connectivity index (χ4n) is 2.89. The van der Waals surface area contributed by atoms with Crippen LogP contribution >= 0.6 is 11.8 Å². The molecule has 1 aromatic carbocycles. The molecule has 0 spiro atoms. The molecular formula is C18H30N2O2S. The van der Waals surface area contributed by atoms with Gasteiger partial charge in [0.15, 0.2) is 0 Å². The number of hydrogen-bond acceptors (Lipinski definition) is 5. The van der Waals surface area contributed by atoms with Crippen molar-refractivity contribution in [3.05, 3.63) is 24.3 Å². The second-order valence-corrected chi connectivity index (χ2v) is 7.05. The van der Waals surface area contributed by atoms with Crippen LogP contribution in [-0.4, -0.2) is 70.3 Å². The molecule has 0 aromatic heterocycles. The third-order valence-corrected chi connectivity index (χ3v) is 5.46. The number of para-hydroxylation sites is 1. The summed E-state index contributed by atoms with van der Waals surface area (Å²) >= 11 is 1.97. The number of ether oxygens (including phenoxy) is 2. The van der Waals surface area contributed by atoms with Gasteiger partial charge in [-0.05, 0) is 24.3 Å². The maximum absolute atomic E-state index is 5.48. The smallest absolute Gasteiger partial charge is 0.0931 e. The maximum atomic E-state index is 5.48. The van der Waals surface area contributed by atoms with Crippen molar-refractivity contribution < 1.29 is 9.47 Å². The van der Waals surface area contributed by atoms with Crippen molar-refractivity contribution in [2.75, 3.05) is 64.2 Å². The van der Waals surface area contributed by atoms with Gasteiger partial charge in [0, 0.05) is 51.8 Å². The molecule has 0 bridgehead atoms. The highest BCUT2D eigenvalue weighted by atomic mass is 32.2. The highest BCUT2D eigenvalue weighted by Gasteiger charge is 2.21. The summed E-state index contributed by atoms with van der Waals surface area (Å²) < 4.78 is 10.7. The van der Waals surface area contributed by atoms with E-state index in [4.69, 9.17) is 9.47 Å². The van der Waals surface area contributed by atoms with E-state index in [-0.39, 0.29) is 6.10 Å². The predicted octanol–water partition coefficient (Wildman–Crippen LogP) is 2.97.